The first-order chi connectivity index (χ1) is 23.9. The SMILES string of the molecule is CCCCC(SC1(C(F)(F)F)N=CN=N1)C1=C(C(=O)O)N2C(=O)C(NC(=O)C(NC(=O)n3c(=O)[nH]c4ccccc43)c3ccccc3)[C@@H]2SC1. The second-order valence-corrected chi connectivity index (χ2v) is 13.9. The summed E-state index contributed by atoms with van der Waals surface area (Å²) in [5.41, 5.74) is -0.0821. The van der Waals surface area contributed by atoms with E-state index >= 15 is 0 Å². The number of halogens is 3. The summed E-state index contributed by atoms with van der Waals surface area (Å²) in [7, 11) is 0. The van der Waals surface area contributed by atoms with Crippen molar-refractivity contribution in [1.29, 1.82) is 0 Å². The van der Waals surface area contributed by atoms with E-state index in [0.717, 1.165) is 21.2 Å². The number of carbonyl (C=O) groups is 4. The number of alkyl halides is 3. The third kappa shape index (κ3) is 6.30. The van der Waals surface area contributed by atoms with Gasteiger partial charge in [0.2, 0.25) is 5.91 Å². The number of carbonyl (C=O) groups excluding carboxylic acids is 3. The van der Waals surface area contributed by atoms with Gasteiger partial charge < -0.3 is 20.7 Å². The van der Waals surface area contributed by atoms with Crippen molar-refractivity contribution in [3.63, 3.8) is 0 Å². The Morgan fingerprint density at radius 1 is 1.14 bits per heavy atom. The second kappa shape index (κ2) is 13.8. The summed E-state index contributed by atoms with van der Waals surface area (Å²) in [6.07, 6.45) is -3.01. The lowest BCUT2D eigenvalue weighted by atomic mass is 9.98. The van der Waals surface area contributed by atoms with Crippen LogP contribution in [0.3, 0.4) is 0 Å². The van der Waals surface area contributed by atoms with Crippen LogP contribution in [-0.2, 0) is 14.4 Å². The molecule has 3 amide bonds. The maximum absolute atomic E-state index is 14.2. The van der Waals surface area contributed by atoms with E-state index in [1.807, 2.05) is 6.92 Å². The van der Waals surface area contributed by atoms with Gasteiger partial charge in [-0.1, -0.05) is 74.0 Å². The van der Waals surface area contributed by atoms with E-state index < -0.39 is 69.1 Å². The van der Waals surface area contributed by atoms with Gasteiger partial charge in [-0.2, -0.15) is 13.2 Å². The van der Waals surface area contributed by atoms with Gasteiger partial charge in [-0.25, -0.2) is 23.9 Å². The van der Waals surface area contributed by atoms with Gasteiger partial charge in [-0.3, -0.25) is 14.5 Å². The minimum Gasteiger partial charge on any atom is -0.477 e. The number of aliphatic imine (C=N–C) groups is 1. The van der Waals surface area contributed by atoms with Gasteiger partial charge in [0.05, 0.1) is 11.0 Å². The molecule has 14 nitrogen and oxygen atoms in total. The molecule has 4 unspecified atom stereocenters. The monoisotopic (exact) mass is 730 g/mol. The summed E-state index contributed by atoms with van der Waals surface area (Å²) in [6.45, 7) is 1.84. The number of thioether (sulfide) groups is 2. The van der Waals surface area contributed by atoms with Crippen LogP contribution in [0.2, 0.25) is 0 Å². The van der Waals surface area contributed by atoms with Gasteiger partial charge in [0.15, 0.2) is 0 Å². The zero-order valence-electron chi connectivity index (χ0n) is 26.1. The van der Waals surface area contributed by atoms with Gasteiger partial charge in [-0.15, -0.1) is 22.0 Å². The predicted octanol–water partition coefficient (Wildman–Crippen LogP) is 4.37. The third-order valence-corrected chi connectivity index (χ3v) is 11.2. The number of para-hydroxylation sites is 2. The number of β-lactam (4-membered cyclic amide) rings is 1. The number of hydrogen-bond donors (Lipinski definition) is 4. The van der Waals surface area contributed by atoms with Crippen molar-refractivity contribution in [1.82, 2.24) is 25.1 Å². The van der Waals surface area contributed by atoms with Gasteiger partial charge >= 0.3 is 28.9 Å². The van der Waals surface area contributed by atoms with Crippen LogP contribution < -0.4 is 16.3 Å². The van der Waals surface area contributed by atoms with E-state index in [2.05, 4.69) is 30.8 Å². The Morgan fingerprint density at radius 3 is 2.52 bits per heavy atom. The normalized spacial score (nSPS) is 22.6. The van der Waals surface area contributed by atoms with Crippen molar-refractivity contribution >= 4 is 64.7 Å². The highest BCUT2D eigenvalue weighted by Crippen LogP contribution is 2.52. The van der Waals surface area contributed by atoms with Crippen LogP contribution in [-0.4, -0.2) is 83.3 Å². The van der Waals surface area contributed by atoms with Crippen molar-refractivity contribution in [3.8, 4) is 0 Å². The molecule has 4 N–H and O–H groups in total. The summed E-state index contributed by atoms with van der Waals surface area (Å²) in [4.78, 5) is 70.1. The Hall–Kier alpha value is -4.91. The summed E-state index contributed by atoms with van der Waals surface area (Å²) < 4.78 is 43.3. The number of azo groups is 1. The standard InChI is InChI=1S/C31H29F3N8O6S2/c1-2-3-13-20(50-31(30(32,33)34)35-15-36-40-31)17-14-49-26-22(25(44)42(26)23(17)27(45)46)38-24(43)21(16-9-5-4-6-10-16)39-29(48)41-19-12-8-7-11-18(19)37-28(41)47/h4-12,15,20-22,26H,2-3,13-14H2,1H3,(H,37,47)(H,38,43)(H,39,48)(H,45,46)/t20?,21?,22?,26-,31?/m0/s1. The van der Waals surface area contributed by atoms with E-state index in [1.165, 1.54) is 0 Å². The molecule has 0 bridgehead atoms. The number of fused-ring (bicyclic) bond motifs is 2. The second-order valence-electron chi connectivity index (χ2n) is 11.5. The lowest BCUT2D eigenvalue weighted by molar-refractivity contribution is -0.155. The molecule has 1 aromatic heterocycles. The number of carboxylic acid groups (broad SMARTS) is 1. The number of aliphatic carboxylic acids is 1. The molecule has 0 spiro atoms. The van der Waals surface area contributed by atoms with E-state index in [0.29, 0.717) is 42.0 Å². The number of carboxylic acids is 1. The molecule has 0 saturated carbocycles. The van der Waals surface area contributed by atoms with Gasteiger partial charge in [0, 0.05) is 11.0 Å². The Balaban J connectivity index is 1.26. The number of aromatic nitrogens is 2. The molecule has 4 heterocycles. The van der Waals surface area contributed by atoms with Crippen molar-refractivity contribution in [3.05, 3.63) is 81.9 Å². The number of aromatic amines is 1. The Kier molecular flexibility index (Phi) is 9.62. The minimum atomic E-state index is -4.93. The van der Waals surface area contributed by atoms with Gasteiger partial charge in [-0.05, 0) is 29.7 Å². The Bertz CT molecular complexity index is 1980. The van der Waals surface area contributed by atoms with Crippen LogP contribution in [0, 0.1) is 0 Å². The van der Waals surface area contributed by atoms with Gasteiger partial charge in [0.1, 0.15) is 29.5 Å². The average molecular weight is 731 g/mol. The van der Waals surface area contributed by atoms with E-state index in [1.54, 1.807) is 54.6 Å². The highest BCUT2D eigenvalue weighted by atomic mass is 32.2. The van der Waals surface area contributed by atoms with Crippen molar-refractivity contribution in [2.75, 3.05) is 5.75 Å². The third-order valence-electron chi connectivity index (χ3n) is 8.32. The molecule has 3 aromatic rings. The quantitative estimate of drug-likeness (QED) is 0.209. The van der Waals surface area contributed by atoms with Crippen molar-refractivity contribution in [2.24, 2.45) is 15.2 Å². The van der Waals surface area contributed by atoms with Gasteiger partial charge in [0.25, 0.3) is 5.91 Å². The smallest absolute Gasteiger partial charge is 0.446 e. The van der Waals surface area contributed by atoms with E-state index in [4.69, 9.17) is 0 Å². The molecular formula is C31H29F3N8O6S2. The molecule has 262 valence electrons. The molecule has 0 radical (unpaired) electrons. The molecule has 1 saturated heterocycles. The number of unbranched alkanes of at least 4 members (excludes halogenated alkanes) is 1. The molecule has 19 heteroatoms. The number of hydrogen-bond acceptors (Lipinski definition) is 10. The van der Waals surface area contributed by atoms with Crippen LogP contribution in [0.25, 0.3) is 11.0 Å². The number of imidazole rings is 1. The van der Waals surface area contributed by atoms with Crippen LogP contribution in [0.4, 0.5) is 18.0 Å². The summed E-state index contributed by atoms with van der Waals surface area (Å²) >= 11 is 1.42. The van der Waals surface area contributed by atoms with Crippen molar-refractivity contribution < 1.29 is 37.5 Å². The number of benzene rings is 2. The van der Waals surface area contributed by atoms with E-state index in [9.17, 15) is 42.3 Å². The van der Waals surface area contributed by atoms with Crippen LogP contribution in [0.1, 0.15) is 37.8 Å². The number of rotatable bonds is 11. The Labute approximate surface area is 289 Å². The van der Waals surface area contributed by atoms with Crippen LogP contribution in [0.15, 0.2) is 85.9 Å². The lowest BCUT2D eigenvalue weighted by Crippen LogP contribution is -2.71. The van der Waals surface area contributed by atoms with E-state index in [-0.39, 0.29) is 23.3 Å². The molecule has 0 aliphatic carbocycles. The summed E-state index contributed by atoms with van der Waals surface area (Å²) in [6, 6.07) is 11.0. The van der Waals surface area contributed by atoms with Crippen molar-refractivity contribution in [2.45, 2.75) is 60.1 Å². The molecule has 2 aromatic carbocycles. The highest BCUT2D eigenvalue weighted by molar-refractivity contribution is 8.02. The van der Waals surface area contributed by atoms with Crippen LogP contribution >= 0.6 is 23.5 Å². The number of H-pyrrole nitrogens is 1. The highest BCUT2D eigenvalue weighted by Gasteiger charge is 2.61. The number of nitrogens with zero attached hydrogens (tertiary/aromatic N) is 5. The number of amides is 3. The predicted molar refractivity (Wildman–Crippen MR) is 178 cm³/mol. The fourth-order valence-corrected chi connectivity index (χ4v) is 8.78. The molecule has 5 atom stereocenters. The first-order valence-electron chi connectivity index (χ1n) is 15.3. The zero-order chi connectivity index (χ0) is 35.8. The molecule has 50 heavy (non-hydrogen) atoms. The maximum atomic E-state index is 14.2. The number of nitrogens with one attached hydrogen (secondary N) is 3. The molecular weight excluding hydrogens is 702 g/mol. The summed E-state index contributed by atoms with van der Waals surface area (Å²) in [5, 5.41) is 20.2. The average Bonchev–Trinajstić information content (AvgIpc) is 3.72. The maximum Gasteiger partial charge on any atom is 0.446 e. The van der Waals surface area contributed by atoms with Crippen LogP contribution in [0.5, 0.6) is 0 Å². The molecule has 3 aliphatic rings. The fourth-order valence-electron chi connectivity index (χ4n) is 5.89. The Morgan fingerprint density at radius 2 is 1.86 bits per heavy atom. The lowest BCUT2D eigenvalue weighted by Gasteiger charge is -2.50. The fraction of sp³-hybridized carbons (Fsp3) is 0.355. The first-order valence-corrected chi connectivity index (χ1v) is 17.3. The summed E-state index contributed by atoms with van der Waals surface area (Å²) in [5.74, 6) is -3.17. The molecule has 1 fully saturated rings. The largest absolute Gasteiger partial charge is 0.477 e. The molecule has 3 aliphatic heterocycles. The molecule has 6 rings (SSSR count). The topological polar surface area (TPSA) is 191 Å². The minimum absolute atomic E-state index is 0.0546. The zero-order valence-corrected chi connectivity index (χ0v) is 27.7. The first kappa shape index (κ1) is 34.9.